The van der Waals surface area contributed by atoms with E-state index in [0.29, 0.717) is 12.0 Å². The van der Waals surface area contributed by atoms with E-state index < -0.39 is 0 Å². The summed E-state index contributed by atoms with van der Waals surface area (Å²) < 4.78 is 0. The Kier molecular flexibility index (Phi) is 6.19. The molecule has 3 aromatic rings. The van der Waals surface area contributed by atoms with E-state index in [1.165, 1.54) is 41.2 Å². The van der Waals surface area contributed by atoms with Crippen LogP contribution in [0, 0.1) is 0 Å². The Bertz CT molecular complexity index is 782. The van der Waals surface area contributed by atoms with E-state index in [1.54, 1.807) is 0 Å². The van der Waals surface area contributed by atoms with Gasteiger partial charge in [-0.15, -0.1) is 0 Å². The summed E-state index contributed by atoms with van der Waals surface area (Å²) in [6.45, 7) is 5.54. The van der Waals surface area contributed by atoms with Crippen molar-refractivity contribution in [3.63, 3.8) is 0 Å². The fourth-order valence-electron chi connectivity index (χ4n) is 3.32. The van der Waals surface area contributed by atoms with Gasteiger partial charge in [0.2, 0.25) is 0 Å². The van der Waals surface area contributed by atoms with Crippen LogP contribution in [0.25, 0.3) is 10.8 Å². The van der Waals surface area contributed by atoms with Crippen molar-refractivity contribution >= 4 is 10.8 Å². The van der Waals surface area contributed by atoms with Crippen LogP contribution in [0.4, 0.5) is 0 Å². The Morgan fingerprint density at radius 3 is 2.60 bits per heavy atom. The van der Waals surface area contributed by atoms with Crippen LogP contribution < -0.4 is 5.32 Å². The number of hydrogen-bond acceptors (Lipinski definition) is 2. The molecule has 25 heavy (non-hydrogen) atoms. The highest BCUT2D eigenvalue weighted by molar-refractivity contribution is 5.81. The van der Waals surface area contributed by atoms with Crippen molar-refractivity contribution in [1.82, 2.24) is 10.3 Å². The van der Waals surface area contributed by atoms with Crippen LogP contribution in [0.1, 0.15) is 50.2 Å². The Morgan fingerprint density at radius 1 is 0.920 bits per heavy atom. The number of nitrogens with one attached hydrogen (secondary N) is 1. The van der Waals surface area contributed by atoms with Crippen molar-refractivity contribution < 1.29 is 0 Å². The van der Waals surface area contributed by atoms with E-state index in [1.807, 2.05) is 12.4 Å². The fourth-order valence-corrected chi connectivity index (χ4v) is 3.32. The van der Waals surface area contributed by atoms with Gasteiger partial charge in [0.25, 0.3) is 0 Å². The highest BCUT2D eigenvalue weighted by atomic mass is 14.9. The number of hydrogen-bond donors (Lipinski definition) is 1. The molecular formula is C23H28N2. The molecule has 0 radical (unpaired) electrons. The molecule has 130 valence electrons. The molecule has 2 atom stereocenters. The lowest BCUT2D eigenvalue weighted by molar-refractivity contribution is 0.476. The molecule has 2 nitrogen and oxygen atoms in total. The fraction of sp³-hybridized carbons (Fsp3) is 0.348. The summed E-state index contributed by atoms with van der Waals surface area (Å²) in [7, 11) is 0. The highest BCUT2D eigenvalue weighted by Gasteiger charge is 2.07. The van der Waals surface area contributed by atoms with Crippen molar-refractivity contribution in [3.05, 3.63) is 78.1 Å². The lowest BCUT2D eigenvalue weighted by Crippen LogP contribution is -2.25. The van der Waals surface area contributed by atoms with Gasteiger partial charge in [-0.3, -0.25) is 4.98 Å². The van der Waals surface area contributed by atoms with Gasteiger partial charge >= 0.3 is 0 Å². The maximum Gasteiger partial charge on any atom is 0.0346 e. The molecule has 0 aliphatic heterocycles. The second-order valence-electron chi connectivity index (χ2n) is 7.08. The second kappa shape index (κ2) is 8.77. The molecule has 0 amide bonds. The van der Waals surface area contributed by atoms with Crippen LogP contribution in [-0.4, -0.2) is 11.0 Å². The third-order valence-electron chi connectivity index (χ3n) is 5.00. The normalized spacial score (nSPS) is 13.7. The molecule has 2 aromatic carbocycles. The number of pyridine rings is 1. The molecule has 0 spiro atoms. The van der Waals surface area contributed by atoms with E-state index in [-0.39, 0.29) is 0 Å². The lowest BCUT2D eigenvalue weighted by Gasteiger charge is -2.16. The average molecular weight is 332 g/mol. The Morgan fingerprint density at radius 2 is 1.76 bits per heavy atom. The van der Waals surface area contributed by atoms with Gasteiger partial charge in [0.15, 0.2) is 0 Å². The quantitative estimate of drug-likeness (QED) is 0.573. The molecule has 1 N–H and O–H groups in total. The van der Waals surface area contributed by atoms with Gasteiger partial charge in [-0.05, 0) is 54.3 Å². The monoisotopic (exact) mass is 332 g/mol. The van der Waals surface area contributed by atoms with E-state index in [9.17, 15) is 0 Å². The van der Waals surface area contributed by atoms with E-state index in [4.69, 9.17) is 0 Å². The lowest BCUT2D eigenvalue weighted by atomic mass is 9.94. The van der Waals surface area contributed by atoms with Crippen LogP contribution in [-0.2, 0) is 6.54 Å². The first-order valence-corrected chi connectivity index (χ1v) is 9.33. The molecule has 1 heterocycles. The van der Waals surface area contributed by atoms with Crippen molar-refractivity contribution in [2.75, 3.05) is 0 Å². The predicted octanol–water partition coefficient (Wildman–Crippen LogP) is 5.69. The van der Waals surface area contributed by atoms with E-state index >= 15 is 0 Å². The molecule has 0 unspecified atom stereocenters. The standard InChI is InChI=1S/C23H28N2/c1-18(21-9-4-3-5-10-21)7-6-8-19(2)25-16-20-11-12-23-17-24-14-13-22(23)15-20/h3-5,9-15,17-19,25H,6-8,16H2,1-2H3/t18-,19-/m1/s1. The zero-order valence-corrected chi connectivity index (χ0v) is 15.3. The molecule has 0 saturated carbocycles. The zero-order valence-electron chi connectivity index (χ0n) is 15.3. The topological polar surface area (TPSA) is 24.9 Å². The summed E-state index contributed by atoms with van der Waals surface area (Å²) in [6.07, 6.45) is 7.50. The van der Waals surface area contributed by atoms with E-state index in [0.717, 1.165) is 6.54 Å². The predicted molar refractivity (Wildman–Crippen MR) is 107 cm³/mol. The second-order valence-corrected chi connectivity index (χ2v) is 7.08. The summed E-state index contributed by atoms with van der Waals surface area (Å²) in [5.41, 5.74) is 2.79. The van der Waals surface area contributed by atoms with Crippen LogP contribution in [0.2, 0.25) is 0 Å². The van der Waals surface area contributed by atoms with Crippen molar-refractivity contribution in [3.8, 4) is 0 Å². The minimum Gasteiger partial charge on any atom is -0.310 e. The van der Waals surface area contributed by atoms with Crippen LogP contribution in [0.15, 0.2) is 67.0 Å². The third kappa shape index (κ3) is 5.14. The van der Waals surface area contributed by atoms with Gasteiger partial charge in [0.05, 0.1) is 0 Å². The van der Waals surface area contributed by atoms with Gasteiger partial charge in [-0.1, -0.05) is 55.8 Å². The number of rotatable bonds is 8. The Labute approximate surface area is 151 Å². The van der Waals surface area contributed by atoms with Gasteiger partial charge in [0.1, 0.15) is 0 Å². The largest absolute Gasteiger partial charge is 0.310 e. The molecule has 0 bridgehead atoms. The van der Waals surface area contributed by atoms with Gasteiger partial charge < -0.3 is 5.32 Å². The van der Waals surface area contributed by atoms with Crippen molar-refractivity contribution in [1.29, 1.82) is 0 Å². The number of benzene rings is 2. The van der Waals surface area contributed by atoms with Crippen LogP contribution in [0.3, 0.4) is 0 Å². The molecule has 0 fully saturated rings. The molecule has 0 aliphatic carbocycles. The maximum absolute atomic E-state index is 4.17. The van der Waals surface area contributed by atoms with Gasteiger partial charge in [-0.25, -0.2) is 0 Å². The molecule has 1 aromatic heterocycles. The smallest absolute Gasteiger partial charge is 0.0346 e. The minimum atomic E-state index is 0.538. The summed E-state index contributed by atoms with van der Waals surface area (Å²) in [6, 6.07) is 20.1. The summed E-state index contributed by atoms with van der Waals surface area (Å²) in [4.78, 5) is 4.17. The number of fused-ring (bicyclic) bond motifs is 1. The van der Waals surface area contributed by atoms with Crippen LogP contribution in [0.5, 0.6) is 0 Å². The van der Waals surface area contributed by atoms with Crippen LogP contribution >= 0.6 is 0 Å². The molecule has 0 saturated heterocycles. The number of aromatic nitrogens is 1. The third-order valence-corrected chi connectivity index (χ3v) is 5.00. The van der Waals surface area contributed by atoms with E-state index in [2.05, 4.69) is 78.7 Å². The first-order valence-electron chi connectivity index (χ1n) is 9.33. The summed E-state index contributed by atoms with van der Waals surface area (Å²) in [5, 5.41) is 6.13. The summed E-state index contributed by atoms with van der Waals surface area (Å²) in [5.74, 6) is 0.641. The molecule has 0 aliphatic rings. The first-order chi connectivity index (χ1) is 12.2. The average Bonchev–Trinajstić information content (AvgIpc) is 2.67. The Hall–Kier alpha value is -2.19. The van der Waals surface area contributed by atoms with Gasteiger partial charge in [-0.2, -0.15) is 0 Å². The SMILES string of the molecule is C[C@H](CCC[C@@H](C)c1ccccc1)NCc1ccc2cnccc2c1. The molecular weight excluding hydrogens is 304 g/mol. The Balaban J connectivity index is 1.42. The molecule has 3 rings (SSSR count). The first kappa shape index (κ1) is 17.6. The maximum atomic E-state index is 4.17. The summed E-state index contributed by atoms with van der Waals surface area (Å²) >= 11 is 0. The number of nitrogens with zero attached hydrogens (tertiary/aromatic N) is 1. The highest BCUT2D eigenvalue weighted by Crippen LogP contribution is 2.21. The molecule has 2 heteroatoms. The van der Waals surface area contributed by atoms with Gasteiger partial charge in [0, 0.05) is 30.4 Å². The minimum absolute atomic E-state index is 0.538. The van der Waals surface area contributed by atoms with Crippen molar-refractivity contribution in [2.24, 2.45) is 0 Å². The van der Waals surface area contributed by atoms with Crippen molar-refractivity contribution in [2.45, 2.75) is 51.6 Å². The zero-order chi connectivity index (χ0) is 17.5.